The van der Waals surface area contributed by atoms with Gasteiger partial charge in [-0.05, 0) is 24.0 Å². The first-order valence-electron chi connectivity index (χ1n) is 6.86. The highest BCUT2D eigenvalue weighted by Crippen LogP contribution is 2.27. The number of hydrogen-bond acceptors (Lipinski definition) is 3. The summed E-state index contributed by atoms with van der Waals surface area (Å²) in [4.78, 5) is 4.72. The highest BCUT2D eigenvalue weighted by molar-refractivity contribution is 5.75. The molecular formula is C15H24N4. The molecule has 0 spiro atoms. The third-order valence-corrected chi connectivity index (χ3v) is 4.32. The van der Waals surface area contributed by atoms with Crippen LogP contribution in [0.4, 0.5) is 0 Å². The molecule has 0 aliphatic rings. The third-order valence-electron chi connectivity index (χ3n) is 4.32. The van der Waals surface area contributed by atoms with Crippen molar-refractivity contribution in [2.24, 2.45) is 18.3 Å². The van der Waals surface area contributed by atoms with Crippen molar-refractivity contribution in [1.29, 1.82) is 0 Å². The molecule has 104 valence electrons. The summed E-state index contributed by atoms with van der Waals surface area (Å²) < 4.78 is 2.16. The minimum absolute atomic E-state index is 0.146. The van der Waals surface area contributed by atoms with Crippen molar-refractivity contribution in [3.8, 4) is 0 Å². The number of aryl methyl sites for hydroxylation is 1. The van der Waals surface area contributed by atoms with E-state index in [4.69, 9.17) is 10.8 Å². The number of aromatic nitrogens is 2. The molecule has 3 N–H and O–H groups in total. The van der Waals surface area contributed by atoms with E-state index in [1.54, 1.807) is 0 Å². The predicted octanol–water partition coefficient (Wildman–Crippen LogP) is 2.38. The number of rotatable bonds is 5. The molecule has 1 unspecified atom stereocenters. The second-order valence-corrected chi connectivity index (χ2v) is 5.84. The van der Waals surface area contributed by atoms with E-state index in [9.17, 15) is 0 Å². The Morgan fingerprint density at radius 2 is 2.05 bits per heavy atom. The maximum absolute atomic E-state index is 5.74. The molecule has 1 heterocycles. The molecule has 0 fully saturated rings. The highest BCUT2D eigenvalue weighted by Gasteiger charge is 2.28. The smallest absolute Gasteiger partial charge is 0.111 e. The lowest BCUT2D eigenvalue weighted by Crippen LogP contribution is -2.47. The fourth-order valence-electron chi connectivity index (χ4n) is 2.37. The number of hydrazine groups is 1. The van der Waals surface area contributed by atoms with E-state index in [1.165, 1.54) is 5.52 Å². The Morgan fingerprint density at radius 1 is 1.37 bits per heavy atom. The quantitative estimate of drug-likeness (QED) is 0.641. The Morgan fingerprint density at radius 3 is 2.63 bits per heavy atom. The van der Waals surface area contributed by atoms with Gasteiger partial charge in [0.2, 0.25) is 0 Å². The van der Waals surface area contributed by atoms with E-state index in [1.807, 2.05) is 12.1 Å². The molecule has 2 rings (SSSR count). The maximum Gasteiger partial charge on any atom is 0.111 e. The summed E-state index contributed by atoms with van der Waals surface area (Å²) in [5.74, 6) is 6.81. The van der Waals surface area contributed by atoms with Gasteiger partial charge in [-0.3, -0.25) is 11.3 Å². The molecule has 4 heteroatoms. The normalized spacial score (nSPS) is 13.9. The summed E-state index contributed by atoms with van der Waals surface area (Å²) in [6, 6.07) is 8.43. The molecule has 0 saturated heterocycles. The van der Waals surface area contributed by atoms with E-state index >= 15 is 0 Å². The van der Waals surface area contributed by atoms with Gasteiger partial charge >= 0.3 is 0 Å². The minimum Gasteiger partial charge on any atom is -0.331 e. The van der Waals surface area contributed by atoms with Crippen molar-refractivity contribution in [3.05, 3.63) is 30.1 Å². The molecule has 0 bridgehead atoms. The Labute approximate surface area is 115 Å². The molecule has 0 aliphatic heterocycles. The zero-order valence-corrected chi connectivity index (χ0v) is 12.3. The van der Waals surface area contributed by atoms with Gasteiger partial charge in [-0.15, -0.1) is 0 Å². The van der Waals surface area contributed by atoms with Gasteiger partial charge in [0, 0.05) is 19.5 Å². The average Bonchev–Trinajstić information content (AvgIpc) is 2.73. The third kappa shape index (κ3) is 2.65. The zero-order chi connectivity index (χ0) is 14.0. The van der Waals surface area contributed by atoms with Gasteiger partial charge in [-0.1, -0.05) is 32.9 Å². The van der Waals surface area contributed by atoms with Crippen LogP contribution in [0.25, 0.3) is 11.0 Å². The van der Waals surface area contributed by atoms with E-state index in [0.29, 0.717) is 0 Å². The van der Waals surface area contributed by atoms with E-state index < -0.39 is 0 Å². The van der Waals surface area contributed by atoms with Crippen LogP contribution in [-0.2, 0) is 13.5 Å². The summed E-state index contributed by atoms with van der Waals surface area (Å²) in [6.45, 7) is 6.67. The van der Waals surface area contributed by atoms with Gasteiger partial charge < -0.3 is 4.57 Å². The molecule has 2 aromatic rings. The molecule has 1 aromatic carbocycles. The molecule has 1 aromatic heterocycles. The van der Waals surface area contributed by atoms with Crippen LogP contribution >= 0.6 is 0 Å². The number of nitrogens with one attached hydrogen (secondary N) is 1. The monoisotopic (exact) mass is 260 g/mol. The average molecular weight is 260 g/mol. The summed E-state index contributed by atoms with van der Waals surface area (Å²) in [6.07, 6.45) is 1.91. The molecule has 1 atom stereocenters. The van der Waals surface area contributed by atoms with Crippen molar-refractivity contribution in [2.45, 2.75) is 39.7 Å². The van der Waals surface area contributed by atoms with Crippen molar-refractivity contribution in [2.75, 3.05) is 0 Å². The van der Waals surface area contributed by atoms with Crippen LogP contribution in [0.2, 0.25) is 0 Å². The van der Waals surface area contributed by atoms with Crippen LogP contribution in [0, 0.1) is 5.41 Å². The lowest BCUT2D eigenvalue weighted by atomic mass is 9.80. The van der Waals surface area contributed by atoms with Gasteiger partial charge in [-0.25, -0.2) is 4.98 Å². The molecular weight excluding hydrogens is 236 g/mol. The van der Waals surface area contributed by atoms with Gasteiger partial charge in [0.1, 0.15) is 5.82 Å². The van der Waals surface area contributed by atoms with Crippen LogP contribution in [-0.4, -0.2) is 15.6 Å². The van der Waals surface area contributed by atoms with Crippen molar-refractivity contribution < 1.29 is 0 Å². The molecule has 0 radical (unpaired) electrons. The summed E-state index contributed by atoms with van der Waals surface area (Å²) in [7, 11) is 2.07. The van der Waals surface area contributed by atoms with Crippen LogP contribution in [0.5, 0.6) is 0 Å². The molecule has 0 saturated carbocycles. The number of nitrogens with zero attached hydrogens (tertiary/aromatic N) is 2. The first-order chi connectivity index (χ1) is 8.99. The molecule has 4 nitrogen and oxygen atoms in total. The highest BCUT2D eigenvalue weighted by atomic mass is 15.2. The summed E-state index contributed by atoms with van der Waals surface area (Å²) >= 11 is 0. The topological polar surface area (TPSA) is 55.9 Å². The van der Waals surface area contributed by atoms with Crippen LogP contribution in [0.1, 0.15) is 33.0 Å². The van der Waals surface area contributed by atoms with Crippen LogP contribution < -0.4 is 11.3 Å². The number of benzene rings is 1. The zero-order valence-electron chi connectivity index (χ0n) is 12.3. The Balaban J connectivity index is 2.32. The Kier molecular flexibility index (Phi) is 3.92. The second-order valence-electron chi connectivity index (χ2n) is 5.84. The van der Waals surface area contributed by atoms with E-state index in [0.717, 1.165) is 24.2 Å². The Bertz CT molecular complexity index is 556. The molecule has 19 heavy (non-hydrogen) atoms. The van der Waals surface area contributed by atoms with Crippen molar-refractivity contribution in [1.82, 2.24) is 15.0 Å². The number of hydrogen-bond donors (Lipinski definition) is 2. The molecule has 0 aliphatic carbocycles. The van der Waals surface area contributed by atoms with Gasteiger partial charge in [0.15, 0.2) is 0 Å². The van der Waals surface area contributed by atoms with Gasteiger partial charge in [0.25, 0.3) is 0 Å². The van der Waals surface area contributed by atoms with Gasteiger partial charge in [0.05, 0.1) is 11.0 Å². The largest absolute Gasteiger partial charge is 0.331 e. The summed E-state index contributed by atoms with van der Waals surface area (Å²) in [5, 5.41) is 0. The second kappa shape index (κ2) is 5.31. The minimum atomic E-state index is 0.146. The molecule has 0 amide bonds. The number of imidazole rings is 1. The van der Waals surface area contributed by atoms with Crippen molar-refractivity contribution >= 4 is 11.0 Å². The number of fused-ring (bicyclic) bond motifs is 1. The summed E-state index contributed by atoms with van der Waals surface area (Å²) in [5.41, 5.74) is 5.32. The van der Waals surface area contributed by atoms with Crippen LogP contribution in [0.15, 0.2) is 24.3 Å². The first kappa shape index (κ1) is 14.0. The fraction of sp³-hybridized carbons (Fsp3) is 0.533. The predicted molar refractivity (Wildman–Crippen MR) is 79.6 cm³/mol. The number of nitrogens with two attached hydrogens (primary N) is 1. The van der Waals surface area contributed by atoms with E-state index in [2.05, 4.69) is 49.9 Å². The lowest BCUT2D eigenvalue weighted by Gasteiger charge is -2.32. The Hall–Kier alpha value is -1.39. The van der Waals surface area contributed by atoms with E-state index in [-0.39, 0.29) is 11.5 Å². The standard InChI is InChI=1S/C15H24N4/c1-5-15(2,3)13(18-16)10-14-17-11-8-6-7-9-12(11)19(14)4/h6-9,13,18H,5,10,16H2,1-4H3. The van der Waals surface area contributed by atoms with Crippen LogP contribution in [0.3, 0.4) is 0 Å². The van der Waals surface area contributed by atoms with Crippen molar-refractivity contribution in [3.63, 3.8) is 0 Å². The lowest BCUT2D eigenvalue weighted by molar-refractivity contribution is 0.228. The van der Waals surface area contributed by atoms with Gasteiger partial charge in [-0.2, -0.15) is 0 Å². The fourth-order valence-corrected chi connectivity index (χ4v) is 2.37. The first-order valence-corrected chi connectivity index (χ1v) is 6.86. The SMILES string of the molecule is CCC(C)(C)C(Cc1nc2ccccc2n1C)NN. The number of para-hydroxylation sites is 2. The maximum atomic E-state index is 5.74.